The van der Waals surface area contributed by atoms with Crippen molar-refractivity contribution in [2.45, 2.75) is 26.2 Å². The number of benzene rings is 5. The Morgan fingerprint density at radius 3 is 2.22 bits per heavy atom. The summed E-state index contributed by atoms with van der Waals surface area (Å²) in [7, 11) is 0. The van der Waals surface area contributed by atoms with Gasteiger partial charge in [-0.05, 0) is 77.7 Å². The van der Waals surface area contributed by atoms with E-state index in [4.69, 9.17) is 5.73 Å². The summed E-state index contributed by atoms with van der Waals surface area (Å²) in [5, 5.41) is 7.91. The minimum Gasteiger partial charge on any atom is -0.398 e. The average molecular weight is 467 g/mol. The molecule has 1 heterocycles. The minimum absolute atomic E-state index is 0.116. The molecule has 0 aromatic heterocycles. The molecule has 36 heavy (non-hydrogen) atoms. The SMILES string of the molecule is CC(C)(C)c1cc2ccc3ccc(-c4ccc(/C(N)=C/C=C5/C=CC=NC5)cc4)c4ccc(c1)c2c34. The van der Waals surface area contributed by atoms with E-state index in [-0.39, 0.29) is 5.41 Å². The fraction of sp³-hybridized carbons (Fsp3) is 0.147. The van der Waals surface area contributed by atoms with Crippen molar-refractivity contribution < 1.29 is 0 Å². The number of nitrogens with zero attached hydrogens (tertiary/aromatic N) is 1. The molecule has 0 aliphatic carbocycles. The number of hydrogen-bond donors (Lipinski definition) is 1. The summed E-state index contributed by atoms with van der Waals surface area (Å²) >= 11 is 0. The molecule has 0 unspecified atom stereocenters. The lowest BCUT2D eigenvalue weighted by Gasteiger charge is -2.22. The highest BCUT2D eigenvalue weighted by Crippen LogP contribution is 2.41. The van der Waals surface area contributed by atoms with Crippen LogP contribution in [0.4, 0.5) is 0 Å². The number of allylic oxidation sites excluding steroid dienone is 3. The number of dihydropyridines is 1. The molecule has 2 heteroatoms. The smallest absolute Gasteiger partial charge is 0.0639 e. The van der Waals surface area contributed by atoms with Crippen LogP contribution in [0.3, 0.4) is 0 Å². The van der Waals surface area contributed by atoms with Gasteiger partial charge in [0.25, 0.3) is 0 Å². The predicted octanol–water partition coefficient (Wildman–Crippen LogP) is 8.42. The first-order valence-corrected chi connectivity index (χ1v) is 12.5. The molecule has 176 valence electrons. The van der Waals surface area contributed by atoms with Gasteiger partial charge in [-0.3, -0.25) is 4.99 Å². The van der Waals surface area contributed by atoms with Gasteiger partial charge in [-0.1, -0.05) is 106 Å². The Labute approximate surface area is 212 Å². The van der Waals surface area contributed by atoms with Crippen LogP contribution in [-0.2, 0) is 5.41 Å². The van der Waals surface area contributed by atoms with E-state index in [0.29, 0.717) is 6.54 Å². The van der Waals surface area contributed by atoms with Crippen LogP contribution in [0.2, 0.25) is 0 Å². The van der Waals surface area contributed by atoms with Crippen molar-refractivity contribution in [1.82, 2.24) is 0 Å². The standard InChI is InChI=1S/C34H30N2/c1-34(2,3)28-19-26-12-11-25-13-15-29(30-16-14-27(20-28)32(26)33(25)30)23-7-9-24(10-8-23)31(35)17-6-22-5-4-18-36-21-22/h4-20H,21,35H2,1-3H3/b22-6-,31-17-. The number of rotatable bonds is 3. The quantitative estimate of drug-likeness (QED) is 0.266. The highest BCUT2D eigenvalue weighted by atomic mass is 14.7. The van der Waals surface area contributed by atoms with Gasteiger partial charge in [0.1, 0.15) is 0 Å². The van der Waals surface area contributed by atoms with Crippen LogP contribution in [0.25, 0.3) is 49.1 Å². The molecule has 0 radical (unpaired) electrons. The zero-order valence-electron chi connectivity index (χ0n) is 21.0. The van der Waals surface area contributed by atoms with Crippen LogP contribution in [0.5, 0.6) is 0 Å². The van der Waals surface area contributed by atoms with E-state index < -0.39 is 0 Å². The summed E-state index contributed by atoms with van der Waals surface area (Å²) in [5.41, 5.74) is 13.2. The van der Waals surface area contributed by atoms with Crippen molar-refractivity contribution in [3.8, 4) is 11.1 Å². The Hall–Kier alpha value is -4.17. The summed E-state index contributed by atoms with van der Waals surface area (Å²) in [6, 6.07) is 26.9. The zero-order chi connectivity index (χ0) is 24.9. The first kappa shape index (κ1) is 22.3. The molecule has 0 bridgehead atoms. The maximum absolute atomic E-state index is 6.39. The Kier molecular flexibility index (Phi) is 5.26. The Balaban J connectivity index is 1.42. The average Bonchev–Trinajstić information content (AvgIpc) is 2.90. The van der Waals surface area contributed by atoms with E-state index >= 15 is 0 Å². The molecular formula is C34H30N2. The van der Waals surface area contributed by atoms with Crippen molar-refractivity contribution in [2.24, 2.45) is 10.7 Å². The lowest BCUT2D eigenvalue weighted by Crippen LogP contribution is -2.10. The van der Waals surface area contributed by atoms with Gasteiger partial charge in [0.2, 0.25) is 0 Å². The van der Waals surface area contributed by atoms with Crippen LogP contribution >= 0.6 is 0 Å². The summed E-state index contributed by atoms with van der Waals surface area (Å²) in [5.74, 6) is 0. The van der Waals surface area contributed by atoms with E-state index in [0.717, 1.165) is 16.8 Å². The second-order valence-electron chi connectivity index (χ2n) is 10.7. The summed E-state index contributed by atoms with van der Waals surface area (Å²) in [6.07, 6.45) is 9.86. The van der Waals surface area contributed by atoms with Crippen LogP contribution in [0.1, 0.15) is 31.9 Å². The molecule has 2 nitrogen and oxygen atoms in total. The molecule has 0 atom stereocenters. The van der Waals surface area contributed by atoms with E-state index in [1.165, 1.54) is 49.0 Å². The minimum atomic E-state index is 0.116. The molecule has 5 aromatic rings. The fourth-order valence-electron chi connectivity index (χ4n) is 5.19. The van der Waals surface area contributed by atoms with Gasteiger partial charge >= 0.3 is 0 Å². The topological polar surface area (TPSA) is 38.4 Å². The number of nitrogens with two attached hydrogens (primary N) is 1. The first-order chi connectivity index (χ1) is 17.4. The molecule has 6 rings (SSSR count). The molecule has 1 aliphatic rings. The third-order valence-corrected chi connectivity index (χ3v) is 7.25. The molecule has 2 N–H and O–H groups in total. The second-order valence-corrected chi connectivity index (χ2v) is 10.7. The predicted molar refractivity (Wildman–Crippen MR) is 157 cm³/mol. The van der Waals surface area contributed by atoms with E-state index in [2.05, 4.69) is 105 Å². The Morgan fingerprint density at radius 1 is 0.833 bits per heavy atom. The van der Waals surface area contributed by atoms with Crippen LogP contribution in [0, 0.1) is 0 Å². The number of aliphatic imine (C=N–C) groups is 1. The van der Waals surface area contributed by atoms with Gasteiger partial charge in [0, 0.05) is 11.9 Å². The van der Waals surface area contributed by atoms with Gasteiger partial charge in [0.05, 0.1) is 6.54 Å². The lowest BCUT2D eigenvalue weighted by atomic mass is 9.83. The first-order valence-electron chi connectivity index (χ1n) is 12.5. The molecule has 0 saturated heterocycles. The summed E-state index contributed by atoms with van der Waals surface area (Å²) < 4.78 is 0. The van der Waals surface area contributed by atoms with Crippen molar-refractivity contribution in [1.29, 1.82) is 0 Å². The summed E-state index contributed by atoms with van der Waals surface area (Å²) in [6.45, 7) is 7.54. The van der Waals surface area contributed by atoms with Gasteiger partial charge < -0.3 is 5.73 Å². The monoisotopic (exact) mass is 466 g/mol. The molecular weight excluding hydrogens is 436 g/mol. The third-order valence-electron chi connectivity index (χ3n) is 7.25. The van der Waals surface area contributed by atoms with E-state index in [1.807, 2.05) is 24.4 Å². The molecule has 0 saturated carbocycles. The largest absolute Gasteiger partial charge is 0.398 e. The van der Waals surface area contributed by atoms with Crippen molar-refractivity contribution in [3.05, 3.63) is 114 Å². The number of hydrogen-bond acceptors (Lipinski definition) is 2. The van der Waals surface area contributed by atoms with Gasteiger partial charge in [-0.15, -0.1) is 0 Å². The van der Waals surface area contributed by atoms with Gasteiger partial charge in [-0.25, -0.2) is 0 Å². The maximum Gasteiger partial charge on any atom is 0.0639 e. The molecule has 1 aliphatic heterocycles. The normalized spacial score (nSPS) is 15.6. The summed E-state index contributed by atoms with van der Waals surface area (Å²) in [4.78, 5) is 4.27. The highest BCUT2D eigenvalue weighted by molar-refractivity contribution is 6.25. The van der Waals surface area contributed by atoms with E-state index in [9.17, 15) is 0 Å². The third kappa shape index (κ3) is 3.89. The zero-order valence-corrected chi connectivity index (χ0v) is 21.0. The Morgan fingerprint density at radius 2 is 1.53 bits per heavy atom. The van der Waals surface area contributed by atoms with Gasteiger partial charge in [0.15, 0.2) is 0 Å². The second kappa shape index (κ2) is 8.49. The van der Waals surface area contributed by atoms with Crippen molar-refractivity contribution in [3.63, 3.8) is 0 Å². The fourth-order valence-corrected chi connectivity index (χ4v) is 5.19. The molecule has 0 fully saturated rings. The van der Waals surface area contributed by atoms with E-state index in [1.54, 1.807) is 0 Å². The van der Waals surface area contributed by atoms with Crippen molar-refractivity contribution >= 4 is 44.2 Å². The van der Waals surface area contributed by atoms with Crippen molar-refractivity contribution in [2.75, 3.05) is 6.54 Å². The van der Waals surface area contributed by atoms with Crippen LogP contribution < -0.4 is 5.73 Å². The molecule has 5 aromatic carbocycles. The van der Waals surface area contributed by atoms with Crippen LogP contribution in [0.15, 0.2) is 108 Å². The van der Waals surface area contributed by atoms with Crippen LogP contribution in [-0.4, -0.2) is 12.8 Å². The van der Waals surface area contributed by atoms with Gasteiger partial charge in [-0.2, -0.15) is 0 Å². The maximum atomic E-state index is 6.39. The lowest BCUT2D eigenvalue weighted by molar-refractivity contribution is 0.591. The Bertz CT molecular complexity index is 1700. The molecule has 0 spiro atoms. The highest BCUT2D eigenvalue weighted by Gasteiger charge is 2.18. The molecule has 0 amide bonds.